The number of nitrogens with zero attached hydrogens (tertiary/aromatic N) is 1. The lowest BCUT2D eigenvalue weighted by atomic mass is 10.2. The summed E-state index contributed by atoms with van der Waals surface area (Å²) >= 11 is 0. The first-order valence-corrected chi connectivity index (χ1v) is 7.61. The molecule has 1 aliphatic rings. The first-order chi connectivity index (χ1) is 10.5. The lowest BCUT2D eigenvalue weighted by Gasteiger charge is -2.16. The smallest absolute Gasteiger partial charge is 0.330 e. The number of aromatic nitrogens is 2. The third-order valence-electron chi connectivity index (χ3n) is 3.13. The van der Waals surface area contributed by atoms with Crippen LogP contribution in [0.5, 0.6) is 0 Å². The zero-order valence-corrected chi connectivity index (χ0v) is 13.5. The Labute approximate surface area is 129 Å². The van der Waals surface area contributed by atoms with E-state index in [2.05, 4.69) is 4.98 Å². The summed E-state index contributed by atoms with van der Waals surface area (Å²) in [4.78, 5) is 36.2. The van der Waals surface area contributed by atoms with Gasteiger partial charge in [0.15, 0.2) is 0 Å². The molecule has 1 fully saturated rings. The molecule has 0 amide bonds. The SMILES string of the molecule is CC.CC(C)C(=O)OCC1CCC(n2ccc(=O)[nH]c2=O)O1. The van der Waals surface area contributed by atoms with Crippen LogP contribution in [0.15, 0.2) is 21.9 Å². The molecular formula is C15H24N2O5. The molecule has 1 aromatic heterocycles. The molecular weight excluding hydrogens is 288 g/mol. The quantitative estimate of drug-likeness (QED) is 0.850. The Bertz CT molecular complexity index is 590. The predicted octanol–water partition coefficient (Wildman–Crippen LogP) is 1.44. The van der Waals surface area contributed by atoms with Crippen molar-refractivity contribution >= 4 is 5.97 Å². The topological polar surface area (TPSA) is 90.4 Å². The molecule has 2 atom stereocenters. The van der Waals surface area contributed by atoms with Gasteiger partial charge in [-0.3, -0.25) is 19.1 Å². The Morgan fingerprint density at radius 2 is 2.09 bits per heavy atom. The van der Waals surface area contributed by atoms with Crippen molar-refractivity contribution < 1.29 is 14.3 Å². The monoisotopic (exact) mass is 312 g/mol. The Morgan fingerprint density at radius 1 is 1.41 bits per heavy atom. The zero-order valence-electron chi connectivity index (χ0n) is 13.5. The Hall–Kier alpha value is -1.89. The number of esters is 1. The van der Waals surface area contributed by atoms with Crippen LogP contribution >= 0.6 is 0 Å². The van der Waals surface area contributed by atoms with Crippen molar-refractivity contribution in [3.63, 3.8) is 0 Å². The second kappa shape index (κ2) is 8.53. The van der Waals surface area contributed by atoms with Crippen molar-refractivity contribution in [1.29, 1.82) is 0 Å². The van der Waals surface area contributed by atoms with E-state index in [4.69, 9.17) is 9.47 Å². The number of rotatable bonds is 4. The Morgan fingerprint density at radius 3 is 2.68 bits per heavy atom. The maximum absolute atomic E-state index is 11.6. The van der Waals surface area contributed by atoms with E-state index in [-0.39, 0.29) is 24.6 Å². The fourth-order valence-corrected chi connectivity index (χ4v) is 2.01. The van der Waals surface area contributed by atoms with Gasteiger partial charge in [-0.15, -0.1) is 0 Å². The van der Waals surface area contributed by atoms with E-state index in [1.807, 2.05) is 13.8 Å². The molecule has 22 heavy (non-hydrogen) atoms. The van der Waals surface area contributed by atoms with E-state index < -0.39 is 17.5 Å². The molecule has 1 aliphatic heterocycles. The zero-order chi connectivity index (χ0) is 16.7. The minimum Gasteiger partial charge on any atom is -0.463 e. The molecule has 0 aliphatic carbocycles. The average molecular weight is 312 g/mol. The van der Waals surface area contributed by atoms with E-state index in [1.54, 1.807) is 13.8 Å². The van der Waals surface area contributed by atoms with Gasteiger partial charge in [-0.1, -0.05) is 27.7 Å². The standard InChI is InChI=1S/C13H18N2O5.C2H6/c1-8(2)12(17)19-7-9-3-4-11(20-9)15-6-5-10(16)14-13(15)18;1-2/h5-6,8-9,11H,3-4,7H2,1-2H3,(H,14,16,18);1-2H3. The molecule has 1 aromatic rings. The van der Waals surface area contributed by atoms with Gasteiger partial charge in [-0.05, 0) is 12.8 Å². The maximum Gasteiger partial charge on any atom is 0.330 e. The van der Waals surface area contributed by atoms with Crippen LogP contribution in [0, 0.1) is 5.92 Å². The number of H-pyrrole nitrogens is 1. The number of ether oxygens (including phenoxy) is 2. The molecule has 0 saturated carbocycles. The Balaban J connectivity index is 0.00000116. The van der Waals surface area contributed by atoms with Crippen LogP contribution in [0.4, 0.5) is 0 Å². The molecule has 0 spiro atoms. The number of hydrogen-bond acceptors (Lipinski definition) is 5. The van der Waals surface area contributed by atoms with Crippen LogP contribution in [0.2, 0.25) is 0 Å². The summed E-state index contributed by atoms with van der Waals surface area (Å²) < 4.78 is 12.1. The highest BCUT2D eigenvalue weighted by Gasteiger charge is 2.28. The lowest BCUT2D eigenvalue weighted by Crippen LogP contribution is -2.32. The van der Waals surface area contributed by atoms with Crippen LogP contribution in [-0.2, 0) is 14.3 Å². The molecule has 7 nitrogen and oxygen atoms in total. The fraction of sp³-hybridized carbons (Fsp3) is 0.667. The highest BCUT2D eigenvalue weighted by molar-refractivity contribution is 5.71. The van der Waals surface area contributed by atoms with Crippen LogP contribution < -0.4 is 11.2 Å². The van der Waals surface area contributed by atoms with Gasteiger partial charge in [0.1, 0.15) is 12.8 Å². The summed E-state index contributed by atoms with van der Waals surface area (Å²) in [7, 11) is 0. The van der Waals surface area contributed by atoms with Crippen molar-refractivity contribution in [2.24, 2.45) is 5.92 Å². The number of nitrogens with one attached hydrogen (secondary N) is 1. The largest absolute Gasteiger partial charge is 0.463 e. The molecule has 1 saturated heterocycles. The third-order valence-corrected chi connectivity index (χ3v) is 3.13. The van der Waals surface area contributed by atoms with Gasteiger partial charge in [0.2, 0.25) is 0 Å². The van der Waals surface area contributed by atoms with Crippen LogP contribution in [-0.4, -0.2) is 28.2 Å². The molecule has 2 rings (SSSR count). The summed E-state index contributed by atoms with van der Waals surface area (Å²) in [5.41, 5.74) is -0.936. The van der Waals surface area contributed by atoms with Crippen molar-refractivity contribution in [3.8, 4) is 0 Å². The van der Waals surface area contributed by atoms with Gasteiger partial charge >= 0.3 is 11.7 Å². The van der Waals surface area contributed by atoms with Crippen LogP contribution in [0.3, 0.4) is 0 Å². The normalized spacial score (nSPS) is 20.4. The van der Waals surface area contributed by atoms with Gasteiger partial charge in [-0.2, -0.15) is 0 Å². The van der Waals surface area contributed by atoms with Gasteiger partial charge in [0, 0.05) is 12.3 Å². The summed E-state index contributed by atoms with van der Waals surface area (Å²) in [6.07, 6.45) is 2.09. The minimum absolute atomic E-state index is 0.172. The highest BCUT2D eigenvalue weighted by atomic mass is 16.6. The summed E-state index contributed by atoms with van der Waals surface area (Å²) in [6, 6.07) is 1.27. The summed E-state index contributed by atoms with van der Waals surface area (Å²) in [6.45, 7) is 7.71. The summed E-state index contributed by atoms with van der Waals surface area (Å²) in [5.74, 6) is -0.438. The maximum atomic E-state index is 11.6. The van der Waals surface area contributed by atoms with E-state index >= 15 is 0 Å². The molecule has 124 valence electrons. The van der Waals surface area contributed by atoms with Crippen molar-refractivity contribution in [2.45, 2.75) is 52.9 Å². The summed E-state index contributed by atoms with van der Waals surface area (Å²) in [5, 5.41) is 0. The van der Waals surface area contributed by atoms with Crippen molar-refractivity contribution in [1.82, 2.24) is 9.55 Å². The number of carbonyl (C=O) groups excluding carboxylic acids is 1. The molecule has 0 bridgehead atoms. The average Bonchev–Trinajstić information content (AvgIpc) is 2.95. The first-order valence-electron chi connectivity index (χ1n) is 7.61. The van der Waals surface area contributed by atoms with Crippen LogP contribution in [0.25, 0.3) is 0 Å². The third kappa shape index (κ3) is 4.84. The highest BCUT2D eigenvalue weighted by Crippen LogP contribution is 2.27. The van der Waals surface area contributed by atoms with Gasteiger partial charge in [0.05, 0.1) is 12.0 Å². The molecule has 7 heteroatoms. The van der Waals surface area contributed by atoms with Gasteiger partial charge in [0.25, 0.3) is 5.56 Å². The van der Waals surface area contributed by atoms with E-state index in [9.17, 15) is 14.4 Å². The predicted molar refractivity (Wildman–Crippen MR) is 81.6 cm³/mol. The van der Waals surface area contributed by atoms with Crippen molar-refractivity contribution in [3.05, 3.63) is 33.1 Å². The number of hydrogen-bond donors (Lipinski definition) is 1. The van der Waals surface area contributed by atoms with Gasteiger partial charge in [-0.25, -0.2) is 4.79 Å². The Kier molecular flexibility index (Phi) is 7.04. The molecule has 0 aromatic carbocycles. The van der Waals surface area contributed by atoms with E-state index in [0.717, 1.165) is 0 Å². The fourth-order valence-electron chi connectivity index (χ4n) is 2.01. The van der Waals surface area contributed by atoms with E-state index in [1.165, 1.54) is 16.8 Å². The number of aromatic amines is 1. The van der Waals surface area contributed by atoms with Crippen LogP contribution in [0.1, 0.15) is 46.8 Å². The minimum atomic E-state index is -0.498. The number of carbonyl (C=O) groups is 1. The first kappa shape index (κ1) is 18.2. The second-order valence-electron chi connectivity index (χ2n) is 5.09. The second-order valence-corrected chi connectivity index (χ2v) is 5.09. The van der Waals surface area contributed by atoms with Gasteiger partial charge < -0.3 is 9.47 Å². The molecule has 0 radical (unpaired) electrons. The van der Waals surface area contributed by atoms with E-state index in [0.29, 0.717) is 12.8 Å². The molecule has 2 unspecified atom stereocenters. The van der Waals surface area contributed by atoms with Crippen molar-refractivity contribution in [2.75, 3.05) is 6.61 Å². The molecule has 2 heterocycles. The lowest BCUT2D eigenvalue weighted by molar-refractivity contribution is -0.152. The molecule has 1 N–H and O–H groups in total.